The Morgan fingerprint density at radius 3 is 2.41 bits per heavy atom. The summed E-state index contributed by atoms with van der Waals surface area (Å²) >= 11 is 0. The number of halogens is 3. The average molecular weight is 528 g/mol. The monoisotopic (exact) mass is 527 g/mol. The van der Waals surface area contributed by atoms with Crippen LogP contribution in [0.5, 0.6) is 5.75 Å². The number of morpholine rings is 1. The van der Waals surface area contributed by atoms with Gasteiger partial charge < -0.3 is 24.8 Å². The average Bonchev–Trinajstić information content (AvgIpc) is 3.63. The number of aliphatic hydroxyl groups is 1. The summed E-state index contributed by atoms with van der Waals surface area (Å²) in [5.41, 5.74) is 1.25. The number of carbonyl (C=O) groups is 1. The Morgan fingerprint density at radius 1 is 1.16 bits per heavy atom. The number of nitrogens with zero attached hydrogens (tertiary/aromatic N) is 1. The lowest BCUT2D eigenvalue weighted by Gasteiger charge is -2.35. The van der Waals surface area contributed by atoms with Crippen LogP contribution < -0.4 is 15.4 Å². The van der Waals surface area contributed by atoms with Gasteiger partial charge in [0.05, 0.1) is 13.2 Å². The Morgan fingerprint density at radius 2 is 1.81 bits per heavy atom. The Hall–Kier alpha value is -2.04. The maximum Gasteiger partial charge on any atom is 0.573 e. The van der Waals surface area contributed by atoms with E-state index in [4.69, 9.17) is 4.74 Å². The molecule has 0 aromatic heterocycles. The van der Waals surface area contributed by atoms with Gasteiger partial charge in [0.15, 0.2) is 0 Å². The molecule has 1 amide bonds. The number of rotatable bonds is 11. The van der Waals surface area contributed by atoms with E-state index in [-0.39, 0.29) is 23.6 Å². The summed E-state index contributed by atoms with van der Waals surface area (Å²) in [5.74, 6) is 0.129. The van der Waals surface area contributed by atoms with Crippen molar-refractivity contribution in [2.45, 2.75) is 76.9 Å². The van der Waals surface area contributed by atoms with Gasteiger partial charge >= 0.3 is 6.36 Å². The van der Waals surface area contributed by atoms with Crippen molar-refractivity contribution in [2.75, 3.05) is 38.2 Å². The van der Waals surface area contributed by atoms with E-state index < -0.39 is 12.6 Å². The molecule has 1 aliphatic heterocycles. The second kappa shape index (κ2) is 12.2. The topological polar surface area (TPSA) is 83.1 Å². The van der Waals surface area contributed by atoms with Gasteiger partial charge in [-0.2, -0.15) is 0 Å². The quantitative estimate of drug-likeness (QED) is 0.367. The van der Waals surface area contributed by atoms with Crippen molar-refractivity contribution in [3.05, 3.63) is 24.3 Å². The second-order valence-corrected chi connectivity index (χ2v) is 11.1. The minimum absolute atomic E-state index is 0.0653. The molecule has 1 spiro atoms. The van der Waals surface area contributed by atoms with E-state index in [1.54, 1.807) is 0 Å². The lowest BCUT2D eigenvalue weighted by Crippen LogP contribution is -2.47. The third kappa shape index (κ3) is 8.75. The van der Waals surface area contributed by atoms with E-state index in [0.717, 1.165) is 6.42 Å². The predicted octanol–water partition coefficient (Wildman–Crippen LogP) is 4.52. The molecule has 2 saturated carbocycles. The van der Waals surface area contributed by atoms with E-state index in [2.05, 4.69) is 15.4 Å². The van der Waals surface area contributed by atoms with Crippen molar-refractivity contribution in [3.63, 3.8) is 0 Å². The molecule has 10 heteroatoms. The van der Waals surface area contributed by atoms with Gasteiger partial charge in [0.1, 0.15) is 12.0 Å². The fourth-order valence-corrected chi connectivity index (χ4v) is 5.65. The molecule has 3 fully saturated rings. The van der Waals surface area contributed by atoms with Gasteiger partial charge in [-0.15, -0.1) is 13.2 Å². The van der Waals surface area contributed by atoms with E-state index in [9.17, 15) is 23.1 Å². The van der Waals surface area contributed by atoms with Crippen LogP contribution in [0.1, 0.15) is 58.3 Å². The molecule has 0 bridgehead atoms. The molecule has 3 atom stereocenters. The van der Waals surface area contributed by atoms with E-state index in [0.29, 0.717) is 56.3 Å². The normalized spacial score (nSPS) is 22.4. The van der Waals surface area contributed by atoms with Crippen LogP contribution in [-0.4, -0.2) is 67.4 Å². The van der Waals surface area contributed by atoms with Gasteiger partial charge in [0, 0.05) is 43.7 Å². The largest absolute Gasteiger partial charge is 0.573 e. The van der Waals surface area contributed by atoms with Gasteiger partial charge in [-0.3, -0.25) is 10.1 Å². The highest BCUT2D eigenvalue weighted by atomic mass is 19.4. The van der Waals surface area contributed by atoms with Crippen LogP contribution in [0.2, 0.25) is 0 Å². The highest BCUT2D eigenvalue weighted by Crippen LogP contribution is 2.57. The number of hydrogen-bond acceptors (Lipinski definition) is 6. The first-order chi connectivity index (χ1) is 17.6. The maximum atomic E-state index is 13.0. The molecule has 208 valence electrons. The number of ether oxygens (including phenoxy) is 2. The summed E-state index contributed by atoms with van der Waals surface area (Å²) < 4.78 is 46.3. The van der Waals surface area contributed by atoms with Crippen molar-refractivity contribution in [2.24, 2.45) is 17.3 Å². The number of nitrogens with one attached hydrogen (secondary N) is 2. The molecule has 1 saturated heterocycles. The molecule has 37 heavy (non-hydrogen) atoms. The first-order valence-corrected chi connectivity index (χ1v) is 13.5. The number of anilines is 1. The van der Waals surface area contributed by atoms with Gasteiger partial charge in [-0.1, -0.05) is 0 Å². The van der Waals surface area contributed by atoms with Crippen LogP contribution in [-0.2, 0) is 9.53 Å². The van der Waals surface area contributed by atoms with Crippen molar-refractivity contribution in [1.29, 1.82) is 0 Å². The third-order valence-electron chi connectivity index (χ3n) is 8.16. The van der Waals surface area contributed by atoms with Crippen LogP contribution in [0.25, 0.3) is 0 Å². The Balaban J connectivity index is 1.28. The molecule has 3 aliphatic rings. The molecule has 1 heterocycles. The summed E-state index contributed by atoms with van der Waals surface area (Å²) in [6, 6.07) is 5.41. The number of benzene rings is 1. The molecular weight excluding hydrogens is 487 g/mol. The SMILES string of the molecule is C[C@@H](CNc1ccc(OC(F)(F)F)cc1)NC(O)[C@@H](CC(=O)N1CCOCC1)CC1CCC2(CC1)CC2. The smallest absolute Gasteiger partial charge is 0.406 e. The fourth-order valence-electron chi connectivity index (χ4n) is 5.65. The molecule has 0 radical (unpaired) electrons. The molecule has 1 aromatic carbocycles. The molecule has 2 aliphatic carbocycles. The number of alkyl halides is 3. The maximum absolute atomic E-state index is 13.0. The first kappa shape index (κ1) is 28.0. The van der Waals surface area contributed by atoms with Gasteiger partial charge in [0.2, 0.25) is 5.91 Å². The lowest BCUT2D eigenvalue weighted by molar-refractivity contribution is -0.274. The lowest BCUT2D eigenvalue weighted by atomic mass is 9.75. The molecular formula is C27H40F3N3O4. The summed E-state index contributed by atoms with van der Waals surface area (Å²) in [6.07, 6.45) is 3.13. The minimum atomic E-state index is -4.72. The molecule has 7 nitrogen and oxygen atoms in total. The van der Waals surface area contributed by atoms with Crippen molar-refractivity contribution < 1.29 is 32.5 Å². The fraction of sp³-hybridized carbons (Fsp3) is 0.741. The van der Waals surface area contributed by atoms with Crippen LogP contribution in [0, 0.1) is 17.3 Å². The van der Waals surface area contributed by atoms with E-state index in [1.165, 1.54) is 62.8 Å². The predicted molar refractivity (Wildman–Crippen MR) is 134 cm³/mol. The third-order valence-corrected chi connectivity index (χ3v) is 8.16. The minimum Gasteiger partial charge on any atom is -0.406 e. The van der Waals surface area contributed by atoms with Crippen LogP contribution >= 0.6 is 0 Å². The van der Waals surface area contributed by atoms with Crippen LogP contribution in [0.15, 0.2) is 24.3 Å². The molecule has 4 rings (SSSR count). The highest BCUT2D eigenvalue weighted by Gasteiger charge is 2.45. The number of hydrogen-bond donors (Lipinski definition) is 3. The summed E-state index contributed by atoms with van der Waals surface area (Å²) in [7, 11) is 0. The van der Waals surface area contributed by atoms with Crippen LogP contribution in [0.4, 0.5) is 18.9 Å². The first-order valence-electron chi connectivity index (χ1n) is 13.5. The molecule has 3 N–H and O–H groups in total. The number of amides is 1. The van der Waals surface area contributed by atoms with Crippen molar-refractivity contribution in [1.82, 2.24) is 10.2 Å². The summed E-state index contributed by atoms with van der Waals surface area (Å²) in [6.45, 7) is 4.66. The standard InChI is InChI=1S/C27H40F3N3O4/c1-19(18-31-22-2-4-23(5-3-22)37-27(28,29)30)32-25(35)21(17-24(34)33-12-14-36-15-13-33)16-20-6-8-26(9-7-20)10-11-26/h2-5,19-21,25,31-32,35H,6-18H2,1H3/t19-,21+,25?/m0/s1. The Bertz CT molecular complexity index is 863. The van der Waals surface area contributed by atoms with Crippen molar-refractivity contribution in [3.8, 4) is 5.75 Å². The van der Waals surface area contributed by atoms with E-state index >= 15 is 0 Å². The number of carbonyl (C=O) groups excluding carboxylic acids is 1. The van der Waals surface area contributed by atoms with Crippen LogP contribution in [0.3, 0.4) is 0 Å². The van der Waals surface area contributed by atoms with Gasteiger partial charge in [0.25, 0.3) is 0 Å². The Kier molecular flexibility index (Phi) is 9.24. The zero-order valence-electron chi connectivity index (χ0n) is 21.6. The number of aliphatic hydroxyl groups excluding tert-OH is 1. The molecule has 1 aromatic rings. The second-order valence-electron chi connectivity index (χ2n) is 11.1. The van der Waals surface area contributed by atoms with Gasteiger partial charge in [-0.05, 0) is 87.5 Å². The zero-order valence-corrected chi connectivity index (χ0v) is 21.6. The summed E-state index contributed by atoms with van der Waals surface area (Å²) in [5, 5.41) is 17.6. The zero-order chi connectivity index (χ0) is 26.5. The van der Waals surface area contributed by atoms with E-state index in [1.807, 2.05) is 11.8 Å². The van der Waals surface area contributed by atoms with Gasteiger partial charge in [-0.25, -0.2) is 0 Å². The Labute approximate surface area is 217 Å². The van der Waals surface area contributed by atoms with Crippen molar-refractivity contribution >= 4 is 11.6 Å². The highest BCUT2D eigenvalue weighted by molar-refractivity contribution is 5.76. The summed E-state index contributed by atoms with van der Waals surface area (Å²) in [4.78, 5) is 14.9. The molecule has 1 unspecified atom stereocenters.